The average molecular weight is 375 g/mol. The molecule has 1 aliphatic heterocycles. The van der Waals surface area contributed by atoms with Crippen molar-refractivity contribution in [2.45, 2.75) is 19.5 Å². The molecule has 132 valence electrons. The van der Waals surface area contributed by atoms with Crippen LogP contribution in [0, 0.1) is 0 Å². The summed E-state index contributed by atoms with van der Waals surface area (Å²) in [6.07, 6.45) is 1.20. The Morgan fingerprint density at radius 2 is 1.84 bits per heavy atom. The number of nitrogens with zero attached hydrogens (tertiary/aromatic N) is 4. The molecule has 4 nitrogen and oxygen atoms in total. The number of fused-ring (bicyclic) bond motifs is 1. The van der Waals surface area contributed by atoms with Crippen molar-refractivity contribution in [2.75, 3.05) is 26.2 Å². The third kappa shape index (κ3) is 3.75. The van der Waals surface area contributed by atoms with Crippen molar-refractivity contribution < 1.29 is 0 Å². The van der Waals surface area contributed by atoms with Crippen molar-refractivity contribution in [3.63, 3.8) is 0 Å². The van der Waals surface area contributed by atoms with Crippen LogP contribution in [0.2, 0.25) is 5.02 Å². The first-order valence-electron chi connectivity index (χ1n) is 8.78. The molecule has 0 N–H and O–H groups in total. The standard InChI is InChI=1S/C19H23ClN4S/c1-22-18-7-2-6-16(20)19(18)17(21-22)14-24-9-4-8-23(10-11-24)13-15-5-3-12-25-15/h2-3,5-7,12H,4,8-11,13-14H2,1H3. The van der Waals surface area contributed by atoms with Gasteiger partial charge in [-0.3, -0.25) is 14.5 Å². The summed E-state index contributed by atoms with van der Waals surface area (Å²) in [7, 11) is 1.99. The zero-order valence-electron chi connectivity index (χ0n) is 14.5. The molecular formula is C19H23ClN4S. The zero-order valence-corrected chi connectivity index (χ0v) is 16.1. The molecule has 0 spiro atoms. The fourth-order valence-corrected chi connectivity index (χ4v) is 4.66. The van der Waals surface area contributed by atoms with Crippen LogP contribution < -0.4 is 0 Å². The molecule has 0 unspecified atom stereocenters. The lowest BCUT2D eigenvalue weighted by Gasteiger charge is -2.21. The maximum atomic E-state index is 6.45. The van der Waals surface area contributed by atoms with E-state index < -0.39 is 0 Å². The highest BCUT2D eigenvalue weighted by atomic mass is 35.5. The molecule has 3 heterocycles. The van der Waals surface area contributed by atoms with E-state index in [0.29, 0.717) is 0 Å². The summed E-state index contributed by atoms with van der Waals surface area (Å²) in [6, 6.07) is 10.4. The number of rotatable bonds is 4. The van der Waals surface area contributed by atoms with Gasteiger partial charge in [-0.05, 0) is 43.1 Å². The van der Waals surface area contributed by atoms with Crippen LogP contribution in [0.1, 0.15) is 17.0 Å². The van der Waals surface area contributed by atoms with Gasteiger partial charge in [0.1, 0.15) is 0 Å². The van der Waals surface area contributed by atoms with Crippen molar-refractivity contribution in [1.82, 2.24) is 19.6 Å². The number of halogens is 1. The summed E-state index contributed by atoms with van der Waals surface area (Å²) in [5, 5.41) is 8.80. The van der Waals surface area contributed by atoms with Gasteiger partial charge >= 0.3 is 0 Å². The van der Waals surface area contributed by atoms with Crippen molar-refractivity contribution in [3.8, 4) is 0 Å². The second-order valence-electron chi connectivity index (χ2n) is 6.69. The molecular weight excluding hydrogens is 352 g/mol. The Hall–Kier alpha value is -1.40. The summed E-state index contributed by atoms with van der Waals surface area (Å²) >= 11 is 8.30. The third-order valence-electron chi connectivity index (χ3n) is 4.91. The van der Waals surface area contributed by atoms with Gasteiger partial charge in [-0.25, -0.2) is 0 Å². The van der Waals surface area contributed by atoms with Crippen LogP contribution in [0.25, 0.3) is 10.9 Å². The van der Waals surface area contributed by atoms with Crippen molar-refractivity contribution in [2.24, 2.45) is 7.05 Å². The van der Waals surface area contributed by atoms with E-state index in [1.54, 1.807) is 0 Å². The van der Waals surface area contributed by atoms with Gasteiger partial charge in [-0.1, -0.05) is 23.7 Å². The molecule has 25 heavy (non-hydrogen) atoms. The highest BCUT2D eigenvalue weighted by molar-refractivity contribution is 7.09. The highest BCUT2D eigenvalue weighted by Crippen LogP contribution is 2.27. The lowest BCUT2D eigenvalue weighted by Crippen LogP contribution is -2.30. The maximum Gasteiger partial charge on any atom is 0.0858 e. The number of aromatic nitrogens is 2. The van der Waals surface area contributed by atoms with Crippen molar-refractivity contribution in [1.29, 1.82) is 0 Å². The van der Waals surface area contributed by atoms with Gasteiger partial charge < -0.3 is 0 Å². The van der Waals surface area contributed by atoms with E-state index in [9.17, 15) is 0 Å². The molecule has 1 aromatic carbocycles. The number of benzene rings is 1. The lowest BCUT2D eigenvalue weighted by atomic mass is 10.2. The first kappa shape index (κ1) is 17.0. The van der Waals surface area contributed by atoms with E-state index in [-0.39, 0.29) is 0 Å². The van der Waals surface area contributed by atoms with E-state index in [1.807, 2.05) is 35.2 Å². The number of hydrogen-bond donors (Lipinski definition) is 0. The largest absolute Gasteiger partial charge is 0.297 e. The van der Waals surface area contributed by atoms with E-state index in [1.165, 1.54) is 11.3 Å². The number of hydrogen-bond acceptors (Lipinski definition) is 4. The molecule has 3 aromatic rings. The average Bonchev–Trinajstić information content (AvgIpc) is 3.14. The second kappa shape index (κ2) is 7.46. The van der Waals surface area contributed by atoms with Crippen LogP contribution in [-0.2, 0) is 20.1 Å². The molecule has 0 saturated carbocycles. The monoisotopic (exact) mass is 374 g/mol. The topological polar surface area (TPSA) is 24.3 Å². The Morgan fingerprint density at radius 3 is 2.60 bits per heavy atom. The lowest BCUT2D eigenvalue weighted by molar-refractivity contribution is 0.247. The predicted molar refractivity (Wildman–Crippen MR) is 105 cm³/mol. The fourth-order valence-electron chi connectivity index (χ4n) is 3.64. The fraction of sp³-hybridized carbons (Fsp3) is 0.421. The number of thiophene rings is 1. The van der Waals surface area contributed by atoms with Crippen LogP contribution >= 0.6 is 22.9 Å². The Balaban J connectivity index is 1.45. The molecule has 1 fully saturated rings. The Bertz CT molecular complexity index is 843. The summed E-state index contributed by atoms with van der Waals surface area (Å²) in [5.74, 6) is 0. The minimum absolute atomic E-state index is 0.801. The minimum Gasteiger partial charge on any atom is -0.297 e. The highest BCUT2D eigenvalue weighted by Gasteiger charge is 2.19. The van der Waals surface area contributed by atoms with Crippen LogP contribution in [0.5, 0.6) is 0 Å². The molecule has 6 heteroatoms. The minimum atomic E-state index is 0.801. The van der Waals surface area contributed by atoms with Crippen LogP contribution in [-0.4, -0.2) is 45.8 Å². The van der Waals surface area contributed by atoms with Gasteiger partial charge in [0.25, 0.3) is 0 Å². The molecule has 0 amide bonds. The van der Waals surface area contributed by atoms with Crippen LogP contribution in [0.3, 0.4) is 0 Å². The molecule has 4 rings (SSSR count). The van der Waals surface area contributed by atoms with Gasteiger partial charge in [0.2, 0.25) is 0 Å². The Morgan fingerprint density at radius 1 is 1.04 bits per heavy atom. The number of aryl methyl sites for hydroxylation is 1. The van der Waals surface area contributed by atoms with E-state index in [0.717, 1.165) is 60.9 Å². The smallest absolute Gasteiger partial charge is 0.0858 e. The Kier molecular flexibility index (Phi) is 5.08. The van der Waals surface area contributed by atoms with Crippen molar-refractivity contribution in [3.05, 3.63) is 51.3 Å². The molecule has 0 atom stereocenters. The van der Waals surface area contributed by atoms with Crippen LogP contribution in [0.4, 0.5) is 0 Å². The summed E-state index contributed by atoms with van der Waals surface area (Å²) in [4.78, 5) is 6.53. The molecule has 0 aliphatic carbocycles. The molecule has 0 radical (unpaired) electrons. The predicted octanol–water partition coefficient (Wildman–Crippen LogP) is 4.00. The summed E-state index contributed by atoms with van der Waals surface area (Å²) < 4.78 is 1.94. The quantitative estimate of drug-likeness (QED) is 0.690. The van der Waals surface area contributed by atoms with E-state index >= 15 is 0 Å². The third-order valence-corrected chi connectivity index (χ3v) is 6.09. The SMILES string of the molecule is Cn1nc(CN2CCCN(Cc3cccs3)CC2)c2c(Cl)cccc21. The van der Waals surface area contributed by atoms with Gasteiger partial charge in [0, 0.05) is 43.5 Å². The van der Waals surface area contributed by atoms with E-state index in [2.05, 4.69) is 33.4 Å². The molecule has 2 aromatic heterocycles. The van der Waals surface area contributed by atoms with Crippen LogP contribution in [0.15, 0.2) is 35.7 Å². The second-order valence-corrected chi connectivity index (χ2v) is 8.13. The molecule has 1 saturated heterocycles. The van der Waals surface area contributed by atoms with Gasteiger partial charge in [-0.2, -0.15) is 5.10 Å². The Labute approximate surface area is 157 Å². The first-order valence-corrected chi connectivity index (χ1v) is 10.0. The van der Waals surface area contributed by atoms with Gasteiger partial charge in [0.05, 0.1) is 16.2 Å². The maximum absolute atomic E-state index is 6.45. The summed E-state index contributed by atoms with van der Waals surface area (Å²) in [6.45, 7) is 6.41. The summed E-state index contributed by atoms with van der Waals surface area (Å²) in [5.41, 5.74) is 2.20. The van der Waals surface area contributed by atoms with Gasteiger partial charge in [0.15, 0.2) is 0 Å². The normalized spacial score (nSPS) is 17.2. The first-order chi connectivity index (χ1) is 12.2. The van der Waals surface area contributed by atoms with Gasteiger partial charge in [-0.15, -0.1) is 11.3 Å². The van der Waals surface area contributed by atoms with Crippen molar-refractivity contribution >= 4 is 33.8 Å². The molecule has 0 bridgehead atoms. The molecule has 1 aliphatic rings. The zero-order chi connectivity index (χ0) is 17.2. The van der Waals surface area contributed by atoms with E-state index in [4.69, 9.17) is 16.7 Å².